The zero-order valence-corrected chi connectivity index (χ0v) is 18.1. The molecule has 0 aliphatic heterocycles. The summed E-state index contributed by atoms with van der Waals surface area (Å²) in [5.74, 6) is 1.27. The van der Waals surface area contributed by atoms with Gasteiger partial charge in [0, 0.05) is 17.7 Å². The zero-order valence-electron chi connectivity index (χ0n) is 18.1. The van der Waals surface area contributed by atoms with Crippen molar-refractivity contribution in [2.75, 3.05) is 13.2 Å². The van der Waals surface area contributed by atoms with Gasteiger partial charge in [0.2, 0.25) is 5.89 Å². The van der Waals surface area contributed by atoms with E-state index in [2.05, 4.69) is 10.2 Å². The van der Waals surface area contributed by atoms with Crippen LogP contribution in [0.25, 0.3) is 11.7 Å². The van der Waals surface area contributed by atoms with E-state index in [9.17, 15) is 9.59 Å². The average molecular weight is 445 g/mol. The minimum atomic E-state index is -0.209. The average Bonchev–Trinajstić information content (AvgIpc) is 3.55. The lowest BCUT2D eigenvalue weighted by Gasteiger charge is -2.20. The summed E-state index contributed by atoms with van der Waals surface area (Å²) in [6.07, 6.45) is 2.29. The van der Waals surface area contributed by atoms with Gasteiger partial charge in [0.05, 0.1) is 12.8 Å². The first-order valence-electron chi connectivity index (χ1n) is 10.6. The van der Waals surface area contributed by atoms with Crippen molar-refractivity contribution in [3.8, 4) is 17.4 Å². The van der Waals surface area contributed by atoms with Crippen LogP contribution < -0.4 is 4.74 Å². The van der Waals surface area contributed by atoms with Gasteiger partial charge in [0.1, 0.15) is 5.75 Å². The van der Waals surface area contributed by atoms with Gasteiger partial charge in [0.15, 0.2) is 18.2 Å². The molecule has 0 bridgehead atoms. The fraction of sp³-hybridized carbons (Fsp3) is 0.200. The van der Waals surface area contributed by atoms with Crippen LogP contribution in [0.15, 0.2) is 81.8 Å². The van der Waals surface area contributed by atoms with Gasteiger partial charge in [-0.3, -0.25) is 9.59 Å². The fourth-order valence-electron chi connectivity index (χ4n) is 3.24. The van der Waals surface area contributed by atoms with Crippen LogP contribution in [0.2, 0.25) is 0 Å². The van der Waals surface area contributed by atoms with Gasteiger partial charge in [-0.05, 0) is 42.8 Å². The lowest BCUT2D eigenvalue weighted by atomic mass is 10.0. The van der Waals surface area contributed by atoms with Crippen LogP contribution in [-0.2, 0) is 11.3 Å². The predicted molar refractivity (Wildman–Crippen MR) is 120 cm³/mol. The third-order valence-electron chi connectivity index (χ3n) is 4.89. The molecule has 1 amide bonds. The molecule has 0 atom stereocenters. The molecule has 168 valence electrons. The number of benzene rings is 2. The number of nitrogens with zero attached hydrogens (tertiary/aromatic N) is 3. The summed E-state index contributed by atoms with van der Waals surface area (Å²) in [6.45, 7) is 2.52. The van der Waals surface area contributed by atoms with Crippen molar-refractivity contribution >= 4 is 11.7 Å². The summed E-state index contributed by atoms with van der Waals surface area (Å²) in [5, 5.41) is 7.96. The van der Waals surface area contributed by atoms with E-state index in [0.29, 0.717) is 35.1 Å². The van der Waals surface area contributed by atoms with Gasteiger partial charge < -0.3 is 18.5 Å². The van der Waals surface area contributed by atoms with Crippen molar-refractivity contribution in [3.63, 3.8) is 0 Å². The first kappa shape index (κ1) is 22.0. The van der Waals surface area contributed by atoms with E-state index in [1.807, 2.05) is 25.1 Å². The highest BCUT2D eigenvalue weighted by molar-refractivity contribution is 6.08. The molecule has 33 heavy (non-hydrogen) atoms. The Morgan fingerprint density at radius 2 is 1.70 bits per heavy atom. The number of amides is 1. The van der Waals surface area contributed by atoms with E-state index in [0.717, 1.165) is 6.42 Å². The van der Waals surface area contributed by atoms with E-state index in [1.165, 1.54) is 6.26 Å². The Morgan fingerprint density at radius 1 is 0.939 bits per heavy atom. The minimum Gasteiger partial charge on any atom is -0.484 e. The minimum absolute atomic E-state index is 0.0687. The molecule has 0 saturated heterocycles. The normalized spacial score (nSPS) is 10.7. The Morgan fingerprint density at radius 3 is 2.39 bits per heavy atom. The number of rotatable bonds is 10. The maximum Gasteiger partial charge on any atom is 0.283 e. The molecule has 0 fully saturated rings. The maximum absolute atomic E-state index is 12.7. The summed E-state index contributed by atoms with van der Waals surface area (Å²) in [7, 11) is 0. The Hall–Kier alpha value is -4.20. The molecule has 8 heteroatoms. The van der Waals surface area contributed by atoms with Gasteiger partial charge in [-0.1, -0.05) is 37.3 Å². The van der Waals surface area contributed by atoms with Crippen molar-refractivity contribution in [1.82, 2.24) is 15.1 Å². The van der Waals surface area contributed by atoms with Crippen molar-refractivity contribution in [3.05, 3.63) is 90.0 Å². The largest absolute Gasteiger partial charge is 0.484 e. The molecule has 0 aliphatic carbocycles. The van der Waals surface area contributed by atoms with Crippen molar-refractivity contribution < 1.29 is 23.2 Å². The highest BCUT2D eigenvalue weighted by atomic mass is 16.5. The molecule has 2 heterocycles. The van der Waals surface area contributed by atoms with Gasteiger partial charge in [0.25, 0.3) is 11.8 Å². The SMILES string of the molecule is CCCN(Cc1nnc(-c2ccco2)o1)C(=O)COc1ccc(C(=O)c2ccccc2)cc1. The molecule has 0 N–H and O–H groups in total. The molecular weight excluding hydrogens is 422 g/mol. The second-order valence-corrected chi connectivity index (χ2v) is 7.30. The second kappa shape index (κ2) is 10.4. The highest BCUT2D eigenvalue weighted by Crippen LogP contribution is 2.19. The molecule has 0 radical (unpaired) electrons. The van der Waals surface area contributed by atoms with Crippen LogP contribution in [0.5, 0.6) is 5.75 Å². The van der Waals surface area contributed by atoms with Crippen LogP contribution in [0.3, 0.4) is 0 Å². The molecule has 4 rings (SSSR count). The van der Waals surface area contributed by atoms with Gasteiger partial charge in [-0.15, -0.1) is 10.2 Å². The van der Waals surface area contributed by atoms with Crippen LogP contribution in [0.4, 0.5) is 0 Å². The summed E-state index contributed by atoms with van der Waals surface area (Å²) >= 11 is 0. The Balaban J connectivity index is 1.34. The summed E-state index contributed by atoms with van der Waals surface area (Å²) in [4.78, 5) is 26.9. The number of ketones is 1. The predicted octanol–water partition coefficient (Wildman–Crippen LogP) is 4.38. The van der Waals surface area contributed by atoms with Crippen LogP contribution in [0.1, 0.15) is 35.2 Å². The first-order valence-corrected chi connectivity index (χ1v) is 10.6. The Bertz CT molecular complexity index is 1180. The molecule has 0 unspecified atom stereocenters. The topological polar surface area (TPSA) is 98.7 Å². The molecule has 8 nitrogen and oxygen atoms in total. The standard InChI is InChI=1S/C25H23N3O5/c1-2-14-28(16-22-26-27-25(33-22)21-9-6-15-31-21)23(29)17-32-20-12-10-19(11-13-20)24(30)18-7-4-3-5-8-18/h3-13,15H,2,14,16-17H2,1H3. The molecule has 2 aromatic heterocycles. The number of hydrogen-bond donors (Lipinski definition) is 0. The maximum atomic E-state index is 12.7. The number of carbonyl (C=O) groups excluding carboxylic acids is 2. The van der Waals surface area contributed by atoms with E-state index in [-0.39, 0.29) is 30.7 Å². The molecule has 2 aromatic carbocycles. The summed E-state index contributed by atoms with van der Waals surface area (Å²) in [6, 6.07) is 19.2. The number of ether oxygens (including phenoxy) is 1. The van der Waals surface area contributed by atoms with E-state index in [1.54, 1.807) is 53.4 Å². The van der Waals surface area contributed by atoms with E-state index >= 15 is 0 Å². The first-order chi connectivity index (χ1) is 16.1. The highest BCUT2D eigenvalue weighted by Gasteiger charge is 2.19. The Kier molecular flexibility index (Phi) is 6.94. The van der Waals surface area contributed by atoms with Gasteiger partial charge in [-0.2, -0.15) is 0 Å². The van der Waals surface area contributed by atoms with Crippen LogP contribution in [-0.4, -0.2) is 39.9 Å². The van der Waals surface area contributed by atoms with Gasteiger partial charge in [-0.25, -0.2) is 0 Å². The molecule has 0 spiro atoms. The summed E-state index contributed by atoms with van der Waals surface area (Å²) < 4.78 is 16.5. The second-order valence-electron chi connectivity index (χ2n) is 7.30. The van der Waals surface area contributed by atoms with E-state index < -0.39 is 0 Å². The quantitative estimate of drug-likeness (QED) is 0.334. The molecule has 0 aliphatic rings. The molecule has 0 saturated carbocycles. The van der Waals surface area contributed by atoms with E-state index in [4.69, 9.17) is 13.6 Å². The fourth-order valence-corrected chi connectivity index (χ4v) is 3.24. The third kappa shape index (κ3) is 5.54. The molecular formula is C25H23N3O5. The molecule has 4 aromatic rings. The number of carbonyl (C=O) groups is 2. The van der Waals surface area contributed by atoms with Crippen molar-refractivity contribution in [2.45, 2.75) is 19.9 Å². The number of hydrogen-bond acceptors (Lipinski definition) is 7. The Labute approximate surface area is 190 Å². The monoisotopic (exact) mass is 445 g/mol. The third-order valence-corrected chi connectivity index (χ3v) is 4.89. The summed E-state index contributed by atoms with van der Waals surface area (Å²) in [5.41, 5.74) is 1.17. The van der Waals surface area contributed by atoms with Crippen LogP contribution in [0, 0.1) is 0 Å². The number of furan rings is 1. The lowest BCUT2D eigenvalue weighted by molar-refractivity contribution is -0.134. The smallest absolute Gasteiger partial charge is 0.283 e. The van der Waals surface area contributed by atoms with Crippen molar-refractivity contribution in [2.24, 2.45) is 0 Å². The van der Waals surface area contributed by atoms with Gasteiger partial charge >= 0.3 is 0 Å². The zero-order chi connectivity index (χ0) is 23.0. The number of aromatic nitrogens is 2. The van der Waals surface area contributed by atoms with Crippen LogP contribution >= 0.6 is 0 Å². The van der Waals surface area contributed by atoms with Crippen molar-refractivity contribution in [1.29, 1.82) is 0 Å². The lowest BCUT2D eigenvalue weighted by Crippen LogP contribution is -2.35.